The molecule has 8 heteroatoms. The van der Waals surface area contributed by atoms with E-state index in [9.17, 15) is 9.59 Å². The summed E-state index contributed by atoms with van der Waals surface area (Å²) < 4.78 is 5.10. The van der Waals surface area contributed by atoms with Crippen LogP contribution < -0.4 is 10.6 Å². The molecule has 0 atom stereocenters. The fourth-order valence-corrected chi connectivity index (χ4v) is 2.18. The summed E-state index contributed by atoms with van der Waals surface area (Å²) in [5.74, 6) is 0.700. The van der Waals surface area contributed by atoms with Crippen LogP contribution in [0.4, 0.5) is 10.5 Å². The van der Waals surface area contributed by atoms with Crippen molar-refractivity contribution in [1.82, 2.24) is 10.3 Å². The summed E-state index contributed by atoms with van der Waals surface area (Å²) in [6.07, 6.45) is 1.09. The highest BCUT2D eigenvalue weighted by molar-refractivity contribution is 7.99. The number of hydrogen-bond donors (Lipinski definition) is 2. The lowest BCUT2D eigenvalue weighted by Crippen LogP contribution is -2.33. The van der Waals surface area contributed by atoms with Crippen LogP contribution in [-0.2, 0) is 9.53 Å². The summed E-state index contributed by atoms with van der Waals surface area (Å²) >= 11 is 7.25. The number of carbonyl (C=O) groups is 2. The number of carbonyl (C=O) groups excluding carboxylic acids is 2. The minimum Gasteiger partial charge on any atom is -0.444 e. The van der Waals surface area contributed by atoms with Crippen LogP contribution in [0.1, 0.15) is 20.8 Å². The molecule has 122 valence electrons. The Labute approximate surface area is 139 Å². The molecule has 0 unspecified atom stereocenters. The molecule has 0 aromatic carbocycles. The SMILES string of the molecule is CC(C)(C)OC(=O)NCCSCC(=O)Nc1cccnc1Cl. The first-order valence-electron chi connectivity index (χ1n) is 6.73. The second kappa shape index (κ2) is 8.85. The molecule has 6 nitrogen and oxygen atoms in total. The van der Waals surface area contributed by atoms with Crippen molar-refractivity contribution in [3.05, 3.63) is 23.5 Å². The van der Waals surface area contributed by atoms with Gasteiger partial charge in [-0.05, 0) is 32.9 Å². The monoisotopic (exact) mass is 345 g/mol. The molecule has 22 heavy (non-hydrogen) atoms. The first-order valence-corrected chi connectivity index (χ1v) is 8.26. The number of alkyl carbamates (subject to hydrolysis) is 1. The van der Waals surface area contributed by atoms with Gasteiger partial charge in [0.05, 0.1) is 11.4 Å². The van der Waals surface area contributed by atoms with E-state index in [0.717, 1.165) is 0 Å². The Hall–Kier alpha value is -1.47. The summed E-state index contributed by atoms with van der Waals surface area (Å²) in [5, 5.41) is 5.56. The van der Waals surface area contributed by atoms with Gasteiger partial charge in [0.25, 0.3) is 0 Å². The van der Waals surface area contributed by atoms with Crippen LogP contribution in [0.2, 0.25) is 5.15 Å². The van der Waals surface area contributed by atoms with Crippen LogP contribution in [0.25, 0.3) is 0 Å². The van der Waals surface area contributed by atoms with Crippen molar-refractivity contribution in [1.29, 1.82) is 0 Å². The Morgan fingerprint density at radius 3 is 2.77 bits per heavy atom. The van der Waals surface area contributed by atoms with E-state index >= 15 is 0 Å². The molecular weight excluding hydrogens is 326 g/mol. The molecule has 0 bridgehead atoms. The van der Waals surface area contributed by atoms with Gasteiger partial charge < -0.3 is 15.4 Å². The fraction of sp³-hybridized carbons (Fsp3) is 0.500. The maximum atomic E-state index is 11.7. The molecule has 1 aromatic rings. The quantitative estimate of drug-likeness (QED) is 0.612. The number of hydrogen-bond acceptors (Lipinski definition) is 5. The third-order valence-corrected chi connectivity index (χ3v) is 3.44. The van der Waals surface area contributed by atoms with Gasteiger partial charge in [-0.15, -0.1) is 0 Å². The predicted molar refractivity (Wildman–Crippen MR) is 89.4 cm³/mol. The lowest BCUT2D eigenvalue weighted by Gasteiger charge is -2.19. The minimum absolute atomic E-state index is 0.169. The number of ether oxygens (including phenoxy) is 1. The third kappa shape index (κ3) is 8.09. The Kier molecular flexibility index (Phi) is 7.47. The van der Waals surface area contributed by atoms with E-state index in [1.54, 1.807) is 39.1 Å². The highest BCUT2D eigenvalue weighted by Gasteiger charge is 2.15. The molecular formula is C14H20ClN3O3S. The van der Waals surface area contributed by atoms with E-state index < -0.39 is 11.7 Å². The number of rotatable bonds is 6. The number of nitrogens with one attached hydrogen (secondary N) is 2. The van der Waals surface area contributed by atoms with Crippen molar-refractivity contribution in [2.75, 3.05) is 23.4 Å². The van der Waals surface area contributed by atoms with Crippen LogP contribution in [0.3, 0.4) is 0 Å². The van der Waals surface area contributed by atoms with Gasteiger partial charge >= 0.3 is 6.09 Å². The van der Waals surface area contributed by atoms with Gasteiger partial charge in [-0.3, -0.25) is 4.79 Å². The Bertz CT molecular complexity index is 520. The lowest BCUT2D eigenvalue weighted by atomic mass is 10.2. The number of pyridine rings is 1. The van der Waals surface area contributed by atoms with Gasteiger partial charge in [0.15, 0.2) is 5.15 Å². The highest BCUT2D eigenvalue weighted by Crippen LogP contribution is 2.17. The summed E-state index contributed by atoms with van der Waals surface area (Å²) in [5.41, 5.74) is -0.0262. The van der Waals surface area contributed by atoms with Gasteiger partial charge in [0, 0.05) is 18.5 Å². The van der Waals surface area contributed by atoms with Crippen molar-refractivity contribution < 1.29 is 14.3 Å². The van der Waals surface area contributed by atoms with Crippen LogP contribution >= 0.6 is 23.4 Å². The second-order valence-electron chi connectivity index (χ2n) is 5.37. The summed E-state index contributed by atoms with van der Waals surface area (Å²) in [4.78, 5) is 27.0. The number of nitrogens with zero attached hydrogens (tertiary/aromatic N) is 1. The first-order chi connectivity index (χ1) is 10.3. The van der Waals surface area contributed by atoms with Crippen molar-refractivity contribution in [3.63, 3.8) is 0 Å². The molecule has 0 fully saturated rings. The van der Waals surface area contributed by atoms with Crippen LogP contribution in [0.5, 0.6) is 0 Å². The summed E-state index contributed by atoms with van der Waals surface area (Å²) in [6, 6.07) is 3.38. The fourth-order valence-electron chi connectivity index (χ4n) is 1.37. The molecule has 2 amide bonds. The number of halogens is 1. The van der Waals surface area contributed by atoms with E-state index in [1.165, 1.54) is 11.8 Å². The van der Waals surface area contributed by atoms with Gasteiger partial charge in [-0.2, -0.15) is 11.8 Å². The Morgan fingerprint density at radius 1 is 1.41 bits per heavy atom. The molecule has 0 aliphatic carbocycles. The average molecular weight is 346 g/mol. The Morgan fingerprint density at radius 2 is 2.14 bits per heavy atom. The molecule has 1 aromatic heterocycles. The number of aromatic nitrogens is 1. The van der Waals surface area contributed by atoms with Gasteiger partial charge in [-0.1, -0.05) is 11.6 Å². The largest absolute Gasteiger partial charge is 0.444 e. The van der Waals surface area contributed by atoms with E-state index in [1.807, 2.05) is 0 Å². The Balaban J connectivity index is 2.16. The highest BCUT2D eigenvalue weighted by atomic mass is 35.5. The lowest BCUT2D eigenvalue weighted by molar-refractivity contribution is -0.113. The molecule has 0 radical (unpaired) electrons. The zero-order chi connectivity index (χ0) is 16.6. The average Bonchev–Trinajstić information content (AvgIpc) is 2.39. The van der Waals surface area contributed by atoms with Crippen molar-refractivity contribution in [3.8, 4) is 0 Å². The maximum absolute atomic E-state index is 11.7. The molecule has 0 saturated heterocycles. The smallest absolute Gasteiger partial charge is 0.407 e. The van der Waals surface area contributed by atoms with Crippen LogP contribution in [-0.4, -0.2) is 40.6 Å². The minimum atomic E-state index is -0.514. The molecule has 2 N–H and O–H groups in total. The van der Waals surface area contributed by atoms with E-state index in [4.69, 9.17) is 16.3 Å². The molecule has 0 aliphatic rings. The molecule has 1 heterocycles. The first kappa shape index (κ1) is 18.6. The molecule has 0 spiro atoms. The topological polar surface area (TPSA) is 80.3 Å². The molecule has 0 aliphatic heterocycles. The van der Waals surface area contributed by atoms with Gasteiger partial charge in [-0.25, -0.2) is 9.78 Å². The van der Waals surface area contributed by atoms with E-state index in [2.05, 4.69) is 15.6 Å². The number of amides is 2. The van der Waals surface area contributed by atoms with Crippen LogP contribution in [0, 0.1) is 0 Å². The summed E-state index contributed by atoms with van der Waals surface area (Å²) in [7, 11) is 0. The van der Waals surface area contributed by atoms with Gasteiger partial charge in [0.2, 0.25) is 5.91 Å². The maximum Gasteiger partial charge on any atom is 0.407 e. The summed E-state index contributed by atoms with van der Waals surface area (Å²) in [6.45, 7) is 5.83. The number of thioether (sulfide) groups is 1. The zero-order valence-corrected chi connectivity index (χ0v) is 14.4. The normalized spacial score (nSPS) is 10.9. The van der Waals surface area contributed by atoms with Crippen molar-refractivity contribution in [2.24, 2.45) is 0 Å². The van der Waals surface area contributed by atoms with E-state index in [0.29, 0.717) is 18.0 Å². The van der Waals surface area contributed by atoms with Gasteiger partial charge in [0.1, 0.15) is 5.60 Å². The van der Waals surface area contributed by atoms with Crippen molar-refractivity contribution >= 4 is 41.1 Å². The predicted octanol–water partition coefficient (Wildman–Crippen LogP) is 2.93. The third-order valence-electron chi connectivity index (χ3n) is 2.18. The standard InChI is InChI=1S/C14H20ClN3O3S/c1-14(2,3)21-13(20)17-7-8-22-9-11(19)18-10-5-4-6-16-12(10)15/h4-6H,7-9H2,1-3H3,(H,17,20)(H,18,19). The van der Waals surface area contributed by atoms with Crippen molar-refractivity contribution in [2.45, 2.75) is 26.4 Å². The van der Waals surface area contributed by atoms with E-state index in [-0.39, 0.29) is 16.8 Å². The zero-order valence-electron chi connectivity index (χ0n) is 12.8. The second-order valence-corrected chi connectivity index (χ2v) is 6.83. The number of anilines is 1. The molecule has 0 saturated carbocycles. The van der Waals surface area contributed by atoms with Crippen LogP contribution in [0.15, 0.2) is 18.3 Å². The molecule has 1 rings (SSSR count).